The second-order valence-electron chi connectivity index (χ2n) is 1.76. The lowest BCUT2D eigenvalue weighted by molar-refractivity contribution is 0.490. The Bertz CT molecular complexity index is 205. The summed E-state index contributed by atoms with van der Waals surface area (Å²) in [5, 5.41) is 0. The van der Waals surface area contributed by atoms with Crippen molar-refractivity contribution in [2.24, 2.45) is 0 Å². The number of hydrogen-bond acceptors (Lipinski definition) is 2. The zero-order valence-corrected chi connectivity index (χ0v) is 5.63. The summed E-state index contributed by atoms with van der Waals surface area (Å²) in [6, 6.07) is 7.61. The van der Waals surface area contributed by atoms with Crippen molar-refractivity contribution in [3.63, 3.8) is 0 Å². The molecule has 0 atom stereocenters. The molecule has 0 saturated heterocycles. The number of benzene rings is 1. The Kier molecular flexibility index (Phi) is 1.06. The molecule has 2 rings (SSSR count). The van der Waals surface area contributed by atoms with Crippen LogP contribution in [0.2, 0.25) is 0 Å². The van der Waals surface area contributed by atoms with E-state index < -0.39 is 0 Å². The number of rotatable bonds is 0. The van der Waals surface area contributed by atoms with E-state index in [9.17, 15) is 0 Å². The molecule has 0 N–H and O–H groups in total. The van der Waals surface area contributed by atoms with Gasteiger partial charge in [0, 0.05) is 6.07 Å². The van der Waals surface area contributed by atoms with E-state index in [1.165, 1.54) is 0 Å². The summed E-state index contributed by atoms with van der Waals surface area (Å²) in [6.07, 6.45) is 0. The van der Waals surface area contributed by atoms with E-state index in [1.807, 2.05) is 24.3 Å². The molecule has 0 unspecified atom stereocenters. The highest BCUT2D eigenvalue weighted by Gasteiger charge is 2.03. The van der Waals surface area contributed by atoms with Gasteiger partial charge < -0.3 is 9.05 Å². The van der Waals surface area contributed by atoms with Crippen LogP contribution in [0.15, 0.2) is 24.3 Å². The Balaban J connectivity index is 2.53. The Morgan fingerprint density at radius 1 is 1.11 bits per heavy atom. The van der Waals surface area contributed by atoms with E-state index in [4.69, 9.17) is 9.05 Å². The van der Waals surface area contributed by atoms with Gasteiger partial charge in [-0.3, -0.25) is 0 Å². The minimum Gasteiger partial charge on any atom is -0.440 e. The highest BCUT2D eigenvalue weighted by Crippen LogP contribution is 2.33. The standard InChI is InChI=1S/C6H5O2P/c1-2-5-4-6(3-1)8-9-7-5/h1-4,9H. The minimum absolute atomic E-state index is 0.133. The molecular formula is C6H5O2P. The van der Waals surface area contributed by atoms with Crippen LogP contribution in [0.25, 0.3) is 0 Å². The largest absolute Gasteiger partial charge is 0.440 e. The molecule has 2 bridgehead atoms. The average molecular weight is 140 g/mol. The average Bonchev–Trinajstić information content (AvgIpc) is 1.88. The first-order valence-electron chi connectivity index (χ1n) is 2.64. The van der Waals surface area contributed by atoms with E-state index in [0.29, 0.717) is 0 Å². The van der Waals surface area contributed by atoms with Gasteiger partial charge in [-0.25, -0.2) is 0 Å². The van der Waals surface area contributed by atoms with Gasteiger partial charge in [-0.1, -0.05) is 6.07 Å². The first-order valence-corrected chi connectivity index (χ1v) is 3.45. The normalized spacial score (nSPS) is 13.8. The molecule has 1 aromatic carbocycles. The molecule has 3 heteroatoms. The molecule has 1 aromatic rings. The molecule has 0 amide bonds. The van der Waals surface area contributed by atoms with Gasteiger partial charge in [0.05, 0.1) is 0 Å². The Labute approximate surface area is 54.7 Å². The van der Waals surface area contributed by atoms with Crippen LogP contribution in [0.4, 0.5) is 0 Å². The lowest BCUT2D eigenvalue weighted by Gasteiger charge is -2.12. The van der Waals surface area contributed by atoms with Crippen molar-refractivity contribution in [1.82, 2.24) is 0 Å². The van der Waals surface area contributed by atoms with Crippen LogP contribution in [-0.4, -0.2) is 0 Å². The Morgan fingerprint density at radius 3 is 2.33 bits per heavy atom. The third-order valence-electron chi connectivity index (χ3n) is 1.12. The minimum atomic E-state index is 0.133. The van der Waals surface area contributed by atoms with Crippen molar-refractivity contribution in [3.8, 4) is 11.5 Å². The van der Waals surface area contributed by atoms with Crippen LogP contribution in [0.5, 0.6) is 11.5 Å². The summed E-state index contributed by atoms with van der Waals surface area (Å²) in [5.74, 6) is 1.80. The third-order valence-corrected chi connectivity index (χ3v) is 1.76. The van der Waals surface area contributed by atoms with Crippen molar-refractivity contribution in [1.29, 1.82) is 0 Å². The summed E-state index contributed by atoms with van der Waals surface area (Å²) < 4.78 is 10.2. The summed E-state index contributed by atoms with van der Waals surface area (Å²) in [6.45, 7) is 0. The van der Waals surface area contributed by atoms with Crippen molar-refractivity contribution < 1.29 is 9.05 Å². The monoisotopic (exact) mass is 140 g/mol. The maximum atomic E-state index is 5.09. The van der Waals surface area contributed by atoms with Gasteiger partial charge in [-0.15, -0.1) is 0 Å². The smallest absolute Gasteiger partial charge is 0.275 e. The maximum Gasteiger partial charge on any atom is 0.275 e. The molecule has 0 aliphatic carbocycles. The highest BCUT2D eigenvalue weighted by molar-refractivity contribution is 7.27. The maximum absolute atomic E-state index is 5.09. The van der Waals surface area contributed by atoms with Gasteiger partial charge in [0.25, 0.3) is 9.03 Å². The lowest BCUT2D eigenvalue weighted by atomic mass is 10.3. The summed E-state index contributed by atoms with van der Waals surface area (Å²) in [4.78, 5) is 0. The van der Waals surface area contributed by atoms with Crippen LogP contribution in [0, 0.1) is 0 Å². The van der Waals surface area contributed by atoms with Crippen molar-refractivity contribution in [3.05, 3.63) is 24.3 Å². The predicted octanol–water partition coefficient (Wildman–Crippen LogP) is 1.97. The van der Waals surface area contributed by atoms with E-state index in [2.05, 4.69) is 0 Å². The van der Waals surface area contributed by atoms with E-state index in [-0.39, 0.29) is 9.03 Å². The first kappa shape index (κ1) is 5.07. The van der Waals surface area contributed by atoms with E-state index >= 15 is 0 Å². The zero-order valence-electron chi connectivity index (χ0n) is 4.63. The summed E-state index contributed by atoms with van der Waals surface area (Å²) >= 11 is 0. The van der Waals surface area contributed by atoms with Gasteiger partial charge in [0.1, 0.15) is 11.5 Å². The molecular weight excluding hydrogens is 135 g/mol. The molecule has 9 heavy (non-hydrogen) atoms. The van der Waals surface area contributed by atoms with Gasteiger partial charge in [-0.05, 0) is 12.1 Å². The van der Waals surface area contributed by atoms with Crippen LogP contribution in [-0.2, 0) is 0 Å². The fraction of sp³-hybridized carbons (Fsp3) is 0. The SMILES string of the molecule is c1cc2cc(c1)OPO2. The fourth-order valence-electron chi connectivity index (χ4n) is 0.718. The molecule has 46 valence electrons. The van der Waals surface area contributed by atoms with Crippen LogP contribution >= 0.6 is 9.03 Å². The Morgan fingerprint density at radius 2 is 1.78 bits per heavy atom. The van der Waals surface area contributed by atoms with Crippen LogP contribution in [0.3, 0.4) is 0 Å². The molecule has 0 fully saturated rings. The lowest BCUT2D eigenvalue weighted by Crippen LogP contribution is -1.90. The van der Waals surface area contributed by atoms with Gasteiger partial charge >= 0.3 is 0 Å². The molecule has 1 heterocycles. The summed E-state index contributed by atoms with van der Waals surface area (Å²) in [7, 11) is 0.133. The quantitative estimate of drug-likeness (QED) is 0.513. The van der Waals surface area contributed by atoms with Gasteiger partial charge in [-0.2, -0.15) is 0 Å². The molecule has 1 aliphatic rings. The van der Waals surface area contributed by atoms with Crippen molar-refractivity contribution in [2.45, 2.75) is 0 Å². The highest BCUT2D eigenvalue weighted by atomic mass is 31.1. The zero-order chi connectivity index (χ0) is 6.10. The third kappa shape index (κ3) is 0.859. The van der Waals surface area contributed by atoms with Crippen molar-refractivity contribution in [2.75, 3.05) is 0 Å². The second kappa shape index (κ2) is 1.89. The molecule has 0 saturated carbocycles. The van der Waals surface area contributed by atoms with E-state index in [0.717, 1.165) is 11.5 Å². The van der Waals surface area contributed by atoms with Gasteiger partial charge in [0.15, 0.2) is 0 Å². The van der Waals surface area contributed by atoms with Crippen molar-refractivity contribution >= 4 is 9.03 Å². The van der Waals surface area contributed by atoms with Gasteiger partial charge in [0.2, 0.25) is 0 Å². The summed E-state index contributed by atoms with van der Waals surface area (Å²) in [5.41, 5.74) is 0. The molecule has 1 aliphatic heterocycles. The van der Waals surface area contributed by atoms with Crippen LogP contribution in [0.1, 0.15) is 0 Å². The number of fused-ring (bicyclic) bond motifs is 2. The fourth-order valence-corrected chi connectivity index (χ4v) is 1.21. The predicted molar refractivity (Wildman–Crippen MR) is 36.0 cm³/mol. The molecule has 0 radical (unpaired) electrons. The second-order valence-corrected chi connectivity index (χ2v) is 2.34. The van der Waals surface area contributed by atoms with E-state index in [1.54, 1.807) is 0 Å². The molecule has 0 spiro atoms. The van der Waals surface area contributed by atoms with Crippen LogP contribution < -0.4 is 9.05 Å². The number of hydrogen-bond donors (Lipinski definition) is 0. The Hall–Kier alpha value is -0.750. The molecule has 2 nitrogen and oxygen atoms in total. The molecule has 0 aromatic heterocycles. The topological polar surface area (TPSA) is 18.5 Å². The first-order chi connectivity index (χ1) is 4.45.